The molecule has 0 saturated heterocycles. The first-order valence-corrected chi connectivity index (χ1v) is 14.6. The lowest BCUT2D eigenvalue weighted by Gasteiger charge is -2.22. The third-order valence-electron chi connectivity index (χ3n) is 6.38. The lowest BCUT2D eigenvalue weighted by molar-refractivity contribution is 0.0694. The van der Waals surface area contributed by atoms with E-state index in [2.05, 4.69) is 23.9 Å². The van der Waals surface area contributed by atoms with Crippen LogP contribution in [-0.4, -0.2) is 44.0 Å². The van der Waals surface area contributed by atoms with E-state index in [1.807, 2.05) is 0 Å². The molecule has 0 saturated carbocycles. The number of rotatable bonds is 25. The van der Waals surface area contributed by atoms with Gasteiger partial charge < -0.3 is 25.1 Å². The Bertz CT molecular complexity index is 828. The first-order valence-electron chi connectivity index (χ1n) is 14.6. The minimum atomic E-state index is -1.01. The topological polar surface area (TPSA) is 140 Å². The highest BCUT2D eigenvalue weighted by atomic mass is 16.5. The van der Waals surface area contributed by atoms with E-state index in [-0.39, 0.29) is 5.56 Å². The van der Waals surface area contributed by atoms with E-state index in [1.165, 1.54) is 19.3 Å². The molecule has 9 nitrogen and oxygen atoms in total. The van der Waals surface area contributed by atoms with Crippen LogP contribution in [0.2, 0.25) is 0 Å². The fourth-order valence-electron chi connectivity index (χ4n) is 4.22. The Balaban J connectivity index is 3.15. The van der Waals surface area contributed by atoms with Crippen LogP contribution in [0.3, 0.4) is 0 Å². The molecule has 1 rings (SSSR count). The molecule has 0 heterocycles. The maximum Gasteiger partial charge on any atom is 0.336 e. The molecule has 0 aliphatic rings. The number of aromatic carboxylic acids is 1. The van der Waals surface area contributed by atoms with Gasteiger partial charge in [-0.1, -0.05) is 76.7 Å². The average molecular weight is 535 g/mol. The summed E-state index contributed by atoms with van der Waals surface area (Å²) in [6, 6.07) is 1.59. The molecule has 1 aromatic rings. The average Bonchev–Trinajstić information content (AvgIpc) is 2.91. The van der Waals surface area contributed by atoms with Crippen molar-refractivity contribution in [3.8, 4) is 17.2 Å². The standard InChI is InChI=1S/C29H50N4O5/c1-3-5-7-10-15-22-38-28-26(36-20-14-11-9-12-19-32-33-31)23-25(29(34)35)24(17-16-18-30)27(28)37-21-13-8-6-4-2/h23H,3-22,30H2,1-2H3,(H,34,35). The molecule has 0 spiro atoms. The van der Waals surface area contributed by atoms with Gasteiger partial charge in [-0.05, 0) is 56.7 Å². The van der Waals surface area contributed by atoms with Crippen LogP contribution < -0.4 is 19.9 Å². The van der Waals surface area contributed by atoms with Gasteiger partial charge in [0.1, 0.15) is 0 Å². The van der Waals surface area contributed by atoms with Gasteiger partial charge in [-0.2, -0.15) is 0 Å². The van der Waals surface area contributed by atoms with Crippen LogP contribution in [0.25, 0.3) is 10.4 Å². The van der Waals surface area contributed by atoms with Crippen molar-refractivity contribution in [2.24, 2.45) is 10.8 Å². The van der Waals surface area contributed by atoms with Crippen LogP contribution in [0, 0.1) is 0 Å². The van der Waals surface area contributed by atoms with E-state index in [9.17, 15) is 9.90 Å². The lowest BCUT2D eigenvalue weighted by Crippen LogP contribution is -2.13. The summed E-state index contributed by atoms with van der Waals surface area (Å²) in [6.45, 7) is 6.77. The number of benzene rings is 1. The van der Waals surface area contributed by atoms with E-state index >= 15 is 0 Å². The first-order chi connectivity index (χ1) is 18.6. The second-order valence-electron chi connectivity index (χ2n) is 9.65. The van der Waals surface area contributed by atoms with Crippen molar-refractivity contribution in [1.82, 2.24) is 0 Å². The zero-order valence-corrected chi connectivity index (χ0v) is 23.7. The third kappa shape index (κ3) is 13.8. The summed E-state index contributed by atoms with van der Waals surface area (Å²) >= 11 is 0. The normalized spacial score (nSPS) is 10.7. The molecule has 0 fully saturated rings. The van der Waals surface area contributed by atoms with Gasteiger partial charge in [0, 0.05) is 17.0 Å². The smallest absolute Gasteiger partial charge is 0.336 e. The maximum absolute atomic E-state index is 12.3. The molecular formula is C29H50N4O5. The molecule has 9 heteroatoms. The largest absolute Gasteiger partial charge is 0.490 e. The monoisotopic (exact) mass is 534 g/mol. The van der Waals surface area contributed by atoms with E-state index in [0.717, 1.165) is 64.2 Å². The summed E-state index contributed by atoms with van der Waals surface area (Å²) in [7, 11) is 0. The fraction of sp³-hybridized carbons (Fsp3) is 0.759. The summed E-state index contributed by atoms with van der Waals surface area (Å²) in [5.41, 5.74) is 15.0. The van der Waals surface area contributed by atoms with Crippen LogP contribution in [0.15, 0.2) is 11.2 Å². The van der Waals surface area contributed by atoms with Gasteiger partial charge in [0.2, 0.25) is 5.75 Å². The number of carboxylic acids is 1. The summed E-state index contributed by atoms with van der Waals surface area (Å²) in [5, 5.41) is 13.6. The minimum Gasteiger partial charge on any atom is -0.490 e. The molecule has 0 atom stereocenters. The van der Waals surface area contributed by atoms with Crippen molar-refractivity contribution in [1.29, 1.82) is 0 Å². The number of azide groups is 1. The van der Waals surface area contributed by atoms with Crippen LogP contribution in [-0.2, 0) is 6.42 Å². The third-order valence-corrected chi connectivity index (χ3v) is 6.38. The van der Waals surface area contributed by atoms with Gasteiger partial charge in [0.15, 0.2) is 11.5 Å². The molecule has 0 aliphatic heterocycles. The molecule has 0 aliphatic carbocycles. The highest BCUT2D eigenvalue weighted by molar-refractivity contribution is 5.92. The van der Waals surface area contributed by atoms with Gasteiger partial charge in [-0.25, -0.2) is 4.79 Å². The van der Waals surface area contributed by atoms with Crippen molar-refractivity contribution < 1.29 is 24.1 Å². The maximum atomic E-state index is 12.3. The summed E-state index contributed by atoms with van der Waals surface area (Å²) < 4.78 is 18.7. The molecule has 0 amide bonds. The molecule has 0 radical (unpaired) electrons. The summed E-state index contributed by atoms with van der Waals surface area (Å²) in [4.78, 5) is 15.0. The quantitative estimate of drug-likeness (QED) is 0.0567. The zero-order chi connectivity index (χ0) is 27.8. The summed E-state index contributed by atoms with van der Waals surface area (Å²) in [5.74, 6) is 0.413. The Hall–Kier alpha value is -2.64. The van der Waals surface area contributed by atoms with E-state index in [4.69, 9.17) is 25.5 Å². The number of unbranched alkanes of at least 4 members (excludes halogenated alkanes) is 10. The number of hydrogen-bond donors (Lipinski definition) is 2. The lowest BCUT2D eigenvalue weighted by atomic mass is 10.00. The number of carboxylic acid groups (broad SMARTS) is 1. The molecule has 0 bridgehead atoms. The predicted octanol–water partition coefficient (Wildman–Crippen LogP) is 7.83. The number of nitrogens with zero attached hydrogens (tertiary/aromatic N) is 3. The molecule has 3 N–H and O–H groups in total. The van der Waals surface area contributed by atoms with Crippen molar-refractivity contribution in [2.75, 3.05) is 32.9 Å². The van der Waals surface area contributed by atoms with Gasteiger partial charge in [0.25, 0.3) is 0 Å². The molecule has 38 heavy (non-hydrogen) atoms. The highest BCUT2D eigenvalue weighted by Gasteiger charge is 2.25. The molecule has 216 valence electrons. The predicted molar refractivity (Wildman–Crippen MR) is 153 cm³/mol. The van der Waals surface area contributed by atoms with E-state index in [0.29, 0.717) is 68.6 Å². The van der Waals surface area contributed by atoms with Gasteiger partial charge in [-0.15, -0.1) is 0 Å². The molecular weight excluding hydrogens is 484 g/mol. The van der Waals surface area contributed by atoms with Crippen molar-refractivity contribution in [3.63, 3.8) is 0 Å². The van der Waals surface area contributed by atoms with Crippen LogP contribution in [0.5, 0.6) is 17.2 Å². The second kappa shape index (κ2) is 22.4. The van der Waals surface area contributed by atoms with Crippen molar-refractivity contribution >= 4 is 5.97 Å². The number of nitrogens with two attached hydrogens (primary N) is 1. The Labute approximate surface area is 229 Å². The Morgan fingerprint density at radius 1 is 0.842 bits per heavy atom. The highest BCUT2D eigenvalue weighted by Crippen LogP contribution is 2.43. The van der Waals surface area contributed by atoms with Gasteiger partial charge >= 0.3 is 5.97 Å². The second-order valence-corrected chi connectivity index (χ2v) is 9.65. The van der Waals surface area contributed by atoms with Crippen LogP contribution in [0.1, 0.15) is 120 Å². The van der Waals surface area contributed by atoms with Crippen LogP contribution in [0.4, 0.5) is 0 Å². The van der Waals surface area contributed by atoms with E-state index in [1.54, 1.807) is 6.07 Å². The molecule has 1 aromatic carbocycles. The fourth-order valence-corrected chi connectivity index (χ4v) is 4.22. The minimum absolute atomic E-state index is 0.182. The SMILES string of the molecule is CCCCCCCOc1c(OCCCCCCN=[N+]=[N-])cc(C(=O)O)c(CCCN)c1OCCCCCC. The number of hydrogen-bond acceptors (Lipinski definition) is 6. The first kappa shape index (κ1) is 33.4. The zero-order valence-electron chi connectivity index (χ0n) is 23.7. The van der Waals surface area contributed by atoms with Gasteiger partial charge in [0.05, 0.1) is 25.4 Å². The molecule has 0 unspecified atom stereocenters. The van der Waals surface area contributed by atoms with E-state index < -0.39 is 5.97 Å². The Morgan fingerprint density at radius 3 is 1.97 bits per heavy atom. The van der Waals surface area contributed by atoms with Crippen molar-refractivity contribution in [2.45, 2.75) is 110 Å². The van der Waals surface area contributed by atoms with Gasteiger partial charge in [-0.3, -0.25) is 0 Å². The number of carbonyl (C=O) groups is 1. The Kier molecular flexibility index (Phi) is 19.6. The van der Waals surface area contributed by atoms with Crippen molar-refractivity contribution in [3.05, 3.63) is 27.6 Å². The Morgan fingerprint density at radius 2 is 1.39 bits per heavy atom. The van der Waals surface area contributed by atoms with Crippen LogP contribution >= 0.6 is 0 Å². The molecule has 0 aromatic heterocycles. The summed E-state index contributed by atoms with van der Waals surface area (Å²) in [6.07, 6.45) is 14.4. The number of ether oxygens (including phenoxy) is 3.